The van der Waals surface area contributed by atoms with Crippen LogP contribution in [-0.2, 0) is 14.3 Å². The molecule has 26 heavy (non-hydrogen) atoms. The summed E-state index contributed by atoms with van der Waals surface area (Å²) in [5.41, 5.74) is 0.647. The van der Waals surface area contributed by atoms with Crippen LogP contribution in [0.5, 0.6) is 5.75 Å². The van der Waals surface area contributed by atoms with Gasteiger partial charge >= 0.3 is 0 Å². The number of carbonyl (C=O) groups excluding carboxylic acids is 2. The minimum atomic E-state index is -0.471. The first-order valence-corrected chi connectivity index (χ1v) is 9.23. The maximum atomic E-state index is 12.6. The maximum Gasteiger partial charge on any atom is 0.253 e. The Hall–Kier alpha value is -2.12. The number of methoxy groups -OCH3 is 1. The summed E-state index contributed by atoms with van der Waals surface area (Å²) in [7, 11) is 1.57. The van der Waals surface area contributed by atoms with Crippen LogP contribution in [-0.4, -0.2) is 74.2 Å². The van der Waals surface area contributed by atoms with Crippen LogP contribution in [0.25, 0.3) is 0 Å². The van der Waals surface area contributed by atoms with E-state index in [2.05, 4.69) is 5.32 Å². The Morgan fingerprint density at radius 1 is 1.19 bits per heavy atom. The zero-order valence-corrected chi connectivity index (χ0v) is 15.3. The Morgan fingerprint density at radius 2 is 1.96 bits per heavy atom. The molecule has 2 amide bonds. The van der Waals surface area contributed by atoms with Gasteiger partial charge in [0.2, 0.25) is 5.91 Å². The SMILES string of the molecule is COc1ccccc1NC(=O)CN1CCOC(C(=O)N2CCCCC2)C1. The van der Waals surface area contributed by atoms with E-state index in [1.165, 1.54) is 6.42 Å². The largest absolute Gasteiger partial charge is 0.495 e. The van der Waals surface area contributed by atoms with Crippen molar-refractivity contribution < 1.29 is 19.1 Å². The van der Waals surface area contributed by atoms with E-state index >= 15 is 0 Å². The van der Waals surface area contributed by atoms with E-state index in [9.17, 15) is 9.59 Å². The third-order valence-corrected chi connectivity index (χ3v) is 4.84. The molecule has 0 radical (unpaired) electrons. The molecule has 0 saturated carbocycles. The number of hydrogen-bond acceptors (Lipinski definition) is 5. The number of morpholine rings is 1. The Labute approximate surface area is 154 Å². The van der Waals surface area contributed by atoms with Gasteiger partial charge in [-0.05, 0) is 31.4 Å². The van der Waals surface area contributed by atoms with Gasteiger partial charge in [0.1, 0.15) is 11.9 Å². The first-order valence-electron chi connectivity index (χ1n) is 9.23. The van der Waals surface area contributed by atoms with Crippen molar-refractivity contribution in [3.8, 4) is 5.75 Å². The number of hydrogen-bond donors (Lipinski definition) is 1. The van der Waals surface area contributed by atoms with Gasteiger partial charge < -0.3 is 19.7 Å². The van der Waals surface area contributed by atoms with Crippen LogP contribution in [0, 0.1) is 0 Å². The van der Waals surface area contributed by atoms with Gasteiger partial charge in [0.15, 0.2) is 0 Å². The molecule has 2 heterocycles. The molecule has 2 aliphatic heterocycles. The highest BCUT2D eigenvalue weighted by atomic mass is 16.5. The van der Waals surface area contributed by atoms with Crippen molar-refractivity contribution in [3.63, 3.8) is 0 Å². The van der Waals surface area contributed by atoms with Crippen molar-refractivity contribution in [2.45, 2.75) is 25.4 Å². The quantitative estimate of drug-likeness (QED) is 0.857. The second-order valence-corrected chi connectivity index (χ2v) is 6.73. The summed E-state index contributed by atoms with van der Waals surface area (Å²) in [5, 5.41) is 2.87. The number of ether oxygens (including phenoxy) is 2. The number of piperidine rings is 1. The lowest BCUT2D eigenvalue weighted by Gasteiger charge is -2.35. The normalized spacial score (nSPS) is 21.3. The van der Waals surface area contributed by atoms with E-state index in [0.717, 1.165) is 25.9 Å². The fraction of sp³-hybridized carbons (Fsp3) is 0.579. The number of para-hydroxylation sites is 2. The highest BCUT2D eigenvalue weighted by molar-refractivity contribution is 5.93. The van der Waals surface area contributed by atoms with Gasteiger partial charge in [-0.15, -0.1) is 0 Å². The molecular weight excluding hydrogens is 334 g/mol. The summed E-state index contributed by atoms with van der Waals surface area (Å²) in [6.45, 7) is 3.41. The second kappa shape index (κ2) is 9.00. The van der Waals surface area contributed by atoms with Crippen molar-refractivity contribution in [3.05, 3.63) is 24.3 Å². The number of nitrogens with zero attached hydrogens (tertiary/aromatic N) is 2. The lowest BCUT2D eigenvalue weighted by molar-refractivity contribution is -0.151. The molecule has 0 bridgehead atoms. The van der Waals surface area contributed by atoms with Gasteiger partial charge in [0.05, 0.1) is 25.9 Å². The predicted octanol–water partition coefficient (Wildman–Crippen LogP) is 1.35. The van der Waals surface area contributed by atoms with E-state index in [1.807, 2.05) is 21.9 Å². The van der Waals surface area contributed by atoms with E-state index in [-0.39, 0.29) is 18.4 Å². The highest BCUT2D eigenvalue weighted by Gasteiger charge is 2.31. The molecule has 142 valence electrons. The molecule has 0 aliphatic carbocycles. The van der Waals surface area contributed by atoms with Crippen LogP contribution < -0.4 is 10.1 Å². The molecule has 1 aromatic carbocycles. The Morgan fingerprint density at radius 3 is 2.73 bits per heavy atom. The molecule has 0 spiro atoms. The smallest absolute Gasteiger partial charge is 0.253 e. The first kappa shape index (κ1) is 18.7. The predicted molar refractivity (Wildman–Crippen MR) is 98.2 cm³/mol. The molecule has 2 fully saturated rings. The molecule has 0 aromatic heterocycles. The van der Waals surface area contributed by atoms with E-state index in [1.54, 1.807) is 19.2 Å². The second-order valence-electron chi connectivity index (χ2n) is 6.73. The van der Waals surface area contributed by atoms with Crippen LogP contribution in [0.15, 0.2) is 24.3 Å². The van der Waals surface area contributed by atoms with Crippen LogP contribution in [0.2, 0.25) is 0 Å². The average Bonchev–Trinajstić information content (AvgIpc) is 2.68. The molecule has 3 rings (SSSR count). The van der Waals surface area contributed by atoms with Crippen molar-refractivity contribution in [2.24, 2.45) is 0 Å². The standard InChI is InChI=1S/C19H27N3O4/c1-25-16-8-4-3-7-15(16)20-18(23)14-21-11-12-26-17(13-21)19(24)22-9-5-2-6-10-22/h3-4,7-8,17H,2,5-6,9-14H2,1H3,(H,20,23). The number of amides is 2. The summed E-state index contributed by atoms with van der Waals surface area (Å²) < 4.78 is 10.9. The van der Waals surface area contributed by atoms with Crippen LogP contribution in [0.3, 0.4) is 0 Å². The monoisotopic (exact) mass is 361 g/mol. The average molecular weight is 361 g/mol. The molecule has 1 atom stereocenters. The zero-order chi connectivity index (χ0) is 18.4. The van der Waals surface area contributed by atoms with Crippen molar-refractivity contribution in [1.29, 1.82) is 0 Å². The first-order chi connectivity index (χ1) is 12.7. The number of benzene rings is 1. The van der Waals surface area contributed by atoms with Gasteiger partial charge in [0.25, 0.3) is 5.91 Å². The van der Waals surface area contributed by atoms with Crippen LogP contribution in [0.1, 0.15) is 19.3 Å². The van der Waals surface area contributed by atoms with Crippen LogP contribution >= 0.6 is 0 Å². The van der Waals surface area contributed by atoms with Gasteiger partial charge in [0, 0.05) is 26.2 Å². The molecule has 1 aromatic rings. The van der Waals surface area contributed by atoms with Gasteiger partial charge in [-0.2, -0.15) is 0 Å². The minimum absolute atomic E-state index is 0.0551. The van der Waals surface area contributed by atoms with Gasteiger partial charge in [-0.3, -0.25) is 14.5 Å². The molecule has 7 heteroatoms. The van der Waals surface area contributed by atoms with Crippen molar-refractivity contribution >= 4 is 17.5 Å². The van der Waals surface area contributed by atoms with Crippen LogP contribution in [0.4, 0.5) is 5.69 Å². The minimum Gasteiger partial charge on any atom is -0.495 e. The molecular formula is C19H27N3O4. The highest BCUT2D eigenvalue weighted by Crippen LogP contribution is 2.23. The molecule has 2 aliphatic rings. The van der Waals surface area contributed by atoms with Gasteiger partial charge in [-0.1, -0.05) is 12.1 Å². The Kier molecular flexibility index (Phi) is 6.46. The van der Waals surface area contributed by atoms with Crippen molar-refractivity contribution in [1.82, 2.24) is 9.80 Å². The summed E-state index contributed by atoms with van der Waals surface area (Å²) >= 11 is 0. The van der Waals surface area contributed by atoms with Gasteiger partial charge in [-0.25, -0.2) is 0 Å². The fourth-order valence-electron chi connectivity index (χ4n) is 3.45. The fourth-order valence-corrected chi connectivity index (χ4v) is 3.45. The number of likely N-dealkylation sites (tertiary alicyclic amines) is 1. The summed E-state index contributed by atoms with van der Waals surface area (Å²) in [6.07, 6.45) is 2.83. The molecule has 1 N–H and O–H groups in total. The lowest BCUT2D eigenvalue weighted by Crippen LogP contribution is -2.53. The molecule has 1 unspecified atom stereocenters. The number of nitrogens with one attached hydrogen (secondary N) is 1. The van der Waals surface area contributed by atoms with E-state index < -0.39 is 6.10 Å². The Bertz CT molecular complexity index is 631. The zero-order valence-electron chi connectivity index (χ0n) is 15.3. The summed E-state index contributed by atoms with van der Waals surface area (Å²) in [4.78, 5) is 28.9. The van der Waals surface area contributed by atoms with Crippen molar-refractivity contribution in [2.75, 3.05) is 51.8 Å². The molecule has 7 nitrogen and oxygen atoms in total. The Balaban J connectivity index is 1.52. The third kappa shape index (κ3) is 4.74. The summed E-state index contributed by atoms with van der Waals surface area (Å²) in [6, 6.07) is 7.31. The topological polar surface area (TPSA) is 71.1 Å². The summed E-state index contributed by atoms with van der Waals surface area (Å²) in [5.74, 6) is 0.557. The number of rotatable bonds is 5. The third-order valence-electron chi connectivity index (χ3n) is 4.84. The molecule has 2 saturated heterocycles. The number of carbonyl (C=O) groups is 2. The maximum absolute atomic E-state index is 12.6. The number of anilines is 1. The van der Waals surface area contributed by atoms with E-state index in [0.29, 0.717) is 31.1 Å². The van der Waals surface area contributed by atoms with E-state index in [4.69, 9.17) is 9.47 Å². The lowest BCUT2D eigenvalue weighted by atomic mass is 10.1.